The van der Waals surface area contributed by atoms with Crippen molar-refractivity contribution >= 4 is 11.9 Å². The van der Waals surface area contributed by atoms with E-state index >= 15 is 0 Å². The van der Waals surface area contributed by atoms with E-state index in [-0.39, 0.29) is 0 Å². The lowest BCUT2D eigenvalue weighted by molar-refractivity contribution is 0.669. The van der Waals surface area contributed by atoms with E-state index in [2.05, 4.69) is 17.8 Å². The molecule has 0 unspecified atom stereocenters. The van der Waals surface area contributed by atoms with Gasteiger partial charge in [0, 0.05) is 11.8 Å². The fourth-order valence-electron chi connectivity index (χ4n) is 1.67. The zero-order valence-electron chi connectivity index (χ0n) is 11.1. The van der Waals surface area contributed by atoms with Crippen molar-refractivity contribution in [3.05, 3.63) is 42.0 Å². The fraction of sp³-hybridized carbons (Fsp3) is 0.353. The first-order chi connectivity index (χ1) is 8.86. The van der Waals surface area contributed by atoms with Gasteiger partial charge in [0.1, 0.15) is 0 Å². The summed E-state index contributed by atoms with van der Waals surface area (Å²) in [6.45, 7) is 2.21. The van der Waals surface area contributed by atoms with Crippen LogP contribution in [-0.4, -0.2) is 6.21 Å². The van der Waals surface area contributed by atoms with Crippen LogP contribution in [0.5, 0.6) is 0 Å². The van der Waals surface area contributed by atoms with Gasteiger partial charge in [-0.25, -0.2) is 0 Å². The minimum absolute atomic E-state index is 0.955. The molecule has 0 aliphatic carbocycles. The second-order valence-corrected chi connectivity index (χ2v) is 4.26. The molecule has 1 nitrogen and oxygen atoms in total. The summed E-state index contributed by atoms with van der Waals surface area (Å²) in [6.07, 6.45) is 15.2. The highest BCUT2D eigenvalue weighted by Gasteiger charge is 1.92. The van der Waals surface area contributed by atoms with Gasteiger partial charge in [-0.3, -0.25) is 4.99 Å². The van der Waals surface area contributed by atoms with Crippen molar-refractivity contribution in [3.8, 4) is 12.3 Å². The Morgan fingerprint density at radius 2 is 2.00 bits per heavy atom. The number of aliphatic imine (C=N–C) groups is 1. The number of nitrogens with zero attached hydrogens (tertiary/aromatic N) is 1. The van der Waals surface area contributed by atoms with Gasteiger partial charge in [0.25, 0.3) is 0 Å². The van der Waals surface area contributed by atoms with E-state index in [0.29, 0.717) is 0 Å². The largest absolute Gasteiger partial charge is 0.257 e. The third kappa shape index (κ3) is 6.06. The number of allylic oxidation sites excluding steroid dienone is 2. The van der Waals surface area contributed by atoms with Gasteiger partial charge in [0.2, 0.25) is 0 Å². The predicted octanol–water partition coefficient (Wildman–Crippen LogP) is 4.92. The first-order valence-electron chi connectivity index (χ1n) is 6.61. The van der Waals surface area contributed by atoms with Gasteiger partial charge in [-0.1, -0.05) is 50.3 Å². The molecule has 0 spiro atoms. The van der Waals surface area contributed by atoms with E-state index in [9.17, 15) is 0 Å². The summed E-state index contributed by atoms with van der Waals surface area (Å²) in [5.41, 5.74) is 1.99. The number of para-hydroxylation sites is 1. The van der Waals surface area contributed by atoms with E-state index in [4.69, 9.17) is 6.42 Å². The number of benzene rings is 1. The maximum absolute atomic E-state index is 5.49. The van der Waals surface area contributed by atoms with Gasteiger partial charge in [-0.15, -0.1) is 6.42 Å². The molecule has 0 heterocycles. The number of hydrogen-bond acceptors (Lipinski definition) is 1. The highest BCUT2D eigenvalue weighted by molar-refractivity contribution is 5.76. The van der Waals surface area contributed by atoms with Gasteiger partial charge in [-0.05, 0) is 31.1 Å². The molecular weight excluding hydrogens is 218 g/mol. The van der Waals surface area contributed by atoms with Crippen LogP contribution in [0.15, 0.2) is 47.0 Å². The lowest BCUT2D eigenvalue weighted by Gasteiger charge is -1.98. The Balaban J connectivity index is 2.43. The maximum Gasteiger partial charge on any atom is 0.0629 e. The third-order valence-corrected chi connectivity index (χ3v) is 2.74. The van der Waals surface area contributed by atoms with Gasteiger partial charge in [-0.2, -0.15) is 0 Å². The van der Waals surface area contributed by atoms with Crippen LogP contribution in [0.1, 0.15) is 39.0 Å². The van der Waals surface area contributed by atoms with Crippen LogP contribution >= 0.6 is 0 Å². The molecule has 1 rings (SSSR count). The van der Waals surface area contributed by atoms with Crippen molar-refractivity contribution in [2.75, 3.05) is 0 Å². The summed E-state index contributed by atoms with van der Waals surface area (Å²) in [7, 11) is 0. The number of terminal acetylenes is 1. The van der Waals surface area contributed by atoms with Crippen LogP contribution in [0.4, 0.5) is 5.69 Å². The zero-order chi connectivity index (χ0) is 13.1. The zero-order valence-corrected chi connectivity index (χ0v) is 11.1. The average molecular weight is 239 g/mol. The molecule has 0 amide bonds. The molecule has 1 aromatic carbocycles. The molecule has 18 heavy (non-hydrogen) atoms. The minimum Gasteiger partial charge on any atom is -0.257 e. The summed E-state index contributed by atoms with van der Waals surface area (Å²) in [6, 6.07) is 9.88. The van der Waals surface area contributed by atoms with Crippen LogP contribution in [0, 0.1) is 12.3 Å². The highest BCUT2D eigenvalue weighted by atomic mass is 14.7. The smallest absolute Gasteiger partial charge is 0.0629 e. The van der Waals surface area contributed by atoms with Gasteiger partial charge < -0.3 is 0 Å². The maximum atomic E-state index is 5.49. The quantitative estimate of drug-likeness (QED) is 0.364. The van der Waals surface area contributed by atoms with Crippen molar-refractivity contribution in [2.24, 2.45) is 4.99 Å². The Morgan fingerprint density at radius 1 is 1.22 bits per heavy atom. The second-order valence-electron chi connectivity index (χ2n) is 4.26. The van der Waals surface area contributed by atoms with Crippen LogP contribution in [0.25, 0.3) is 0 Å². The van der Waals surface area contributed by atoms with Gasteiger partial charge >= 0.3 is 0 Å². The van der Waals surface area contributed by atoms with E-state index < -0.39 is 0 Å². The number of unbranched alkanes of at least 4 members (excludes halogenated alkanes) is 3. The molecule has 0 aliphatic rings. The monoisotopic (exact) mass is 239 g/mol. The lowest BCUT2D eigenvalue weighted by atomic mass is 10.1. The molecule has 0 aliphatic heterocycles. The van der Waals surface area contributed by atoms with Gasteiger partial charge in [0.15, 0.2) is 0 Å². The molecule has 0 aromatic heterocycles. The molecule has 94 valence electrons. The third-order valence-electron chi connectivity index (χ3n) is 2.74. The summed E-state index contributed by atoms with van der Waals surface area (Å²) < 4.78 is 0. The Labute approximate surface area is 111 Å². The normalized spacial score (nSPS) is 11.7. The highest BCUT2D eigenvalue weighted by Crippen LogP contribution is 2.11. The van der Waals surface area contributed by atoms with E-state index in [0.717, 1.165) is 17.7 Å². The number of rotatable bonds is 7. The molecule has 0 N–H and O–H groups in total. The molecule has 0 saturated heterocycles. The Morgan fingerprint density at radius 3 is 2.67 bits per heavy atom. The Kier molecular flexibility index (Phi) is 7.32. The molecule has 0 fully saturated rings. The van der Waals surface area contributed by atoms with Crippen molar-refractivity contribution in [2.45, 2.75) is 39.0 Å². The standard InChI is InChI=1S/C17H21N/c1-3-5-6-8-11-16(4-2)14-15-18-17-12-9-7-10-13-17/h2,7,9-10,12-15H,3,5-6,8,11H2,1H3/b16-14-,18-15?. The second kappa shape index (κ2) is 9.24. The summed E-state index contributed by atoms with van der Waals surface area (Å²) in [5, 5.41) is 0. The molecule has 0 radical (unpaired) electrons. The topological polar surface area (TPSA) is 12.4 Å². The van der Waals surface area contributed by atoms with Crippen LogP contribution < -0.4 is 0 Å². The van der Waals surface area contributed by atoms with Crippen LogP contribution in [0.2, 0.25) is 0 Å². The first kappa shape index (κ1) is 14.3. The van der Waals surface area contributed by atoms with E-state index in [1.54, 1.807) is 6.21 Å². The SMILES string of the molecule is C#C/C(=C/C=Nc1ccccc1)CCCCCC. The fourth-order valence-corrected chi connectivity index (χ4v) is 1.67. The molecule has 1 heteroatoms. The molecule has 0 saturated carbocycles. The summed E-state index contributed by atoms with van der Waals surface area (Å²) in [5.74, 6) is 2.74. The number of hydrogen-bond donors (Lipinski definition) is 0. The van der Waals surface area contributed by atoms with Gasteiger partial charge in [0.05, 0.1) is 5.69 Å². The predicted molar refractivity (Wildman–Crippen MR) is 80.3 cm³/mol. The minimum atomic E-state index is 0.955. The lowest BCUT2D eigenvalue weighted by Crippen LogP contribution is -1.82. The van der Waals surface area contributed by atoms with Crippen LogP contribution in [0.3, 0.4) is 0 Å². The Hall–Kier alpha value is -1.81. The first-order valence-corrected chi connectivity index (χ1v) is 6.61. The summed E-state index contributed by atoms with van der Waals surface area (Å²) in [4.78, 5) is 4.34. The molecule has 0 bridgehead atoms. The van der Waals surface area contributed by atoms with E-state index in [1.807, 2.05) is 36.4 Å². The molecule has 1 aromatic rings. The van der Waals surface area contributed by atoms with E-state index in [1.165, 1.54) is 25.7 Å². The van der Waals surface area contributed by atoms with Crippen molar-refractivity contribution in [1.82, 2.24) is 0 Å². The molecular formula is C17H21N. The van der Waals surface area contributed by atoms with Crippen LogP contribution in [-0.2, 0) is 0 Å². The average Bonchev–Trinajstić information content (AvgIpc) is 2.42. The molecule has 0 atom stereocenters. The van der Waals surface area contributed by atoms with Crippen molar-refractivity contribution in [1.29, 1.82) is 0 Å². The van der Waals surface area contributed by atoms with Crippen molar-refractivity contribution < 1.29 is 0 Å². The summed E-state index contributed by atoms with van der Waals surface area (Å²) >= 11 is 0. The Bertz CT molecular complexity index is 421. The van der Waals surface area contributed by atoms with Crippen molar-refractivity contribution in [3.63, 3.8) is 0 Å².